The van der Waals surface area contributed by atoms with Crippen LogP contribution in [-0.2, 0) is 0 Å². The topological polar surface area (TPSA) is 70.6 Å². The average Bonchev–Trinajstić information content (AvgIpc) is 2.22. The van der Waals surface area contributed by atoms with E-state index in [0.29, 0.717) is 5.02 Å². The number of benzene rings is 1. The highest BCUT2D eigenvalue weighted by Gasteiger charge is 2.10. The highest BCUT2D eigenvalue weighted by Crippen LogP contribution is 2.20. The first-order valence-corrected chi connectivity index (χ1v) is 4.61. The number of nitrogens with two attached hydrogens (primary N) is 1. The Morgan fingerprint density at radius 1 is 1.67 bits per heavy atom. The number of anilines is 1. The molecule has 1 aromatic carbocycles. The van der Waals surface area contributed by atoms with Gasteiger partial charge in [-0.2, -0.15) is 0 Å². The number of hydrogen-bond donors (Lipinski definition) is 3. The van der Waals surface area contributed by atoms with Gasteiger partial charge < -0.3 is 16.3 Å². The molecule has 0 heterocycles. The maximum atomic E-state index is 13.2. The summed E-state index contributed by atoms with van der Waals surface area (Å²) >= 11 is 5.70. The lowest BCUT2D eigenvalue weighted by Gasteiger charge is -2.14. The van der Waals surface area contributed by atoms with E-state index < -0.39 is 11.9 Å². The molecule has 0 fully saturated rings. The number of oxime groups is 1. The predicted octanol–water partition coefficient (Wildman–Crippen LogP) is 2.03. The minimum absolute atomic E-state index is 0.0330. The van der Waals surface area contributed by atoms with Crippen molar-refractivity contribution in [2.24, 2.45) is 10.9 Å². The fourth-order valence-corrected chi connectivity index (χ4v) is 1.17. The molecule has 0 saturated carbocycles. The zero-order chi connectivity index (χ0) is 11.4. The molecule has 0 amide bonds. The first kappa shape index (κ1) is 11.6. The molecule has 4 nitrogen and oxygen atoms in total. The summed E-state index contributed by atoms with van der Waals surface area (Å²) in [5, 5.41) is 14.4. The Kier molecular flexibility index (Phi) is 3.74. The number of halogens is 2. The number of nitrogens with one attached hydrogen (secondary N) is 1. The molecular weight excluding hydrogens is 221 g/mol. The van der Waals surface area contributed by atoms with Crippen LogP contribution in [-0.4, -0.2) is 17.1 Å². The van der Waals surface area contributed by atoms with Crippen LogP contribution in [0.2, 0.25) is 5.02 Å². The van der Waals surface area contributed by atoms with Crippen molar-refractivity contribution >= 4 is 23.1 Å². The normalized spacial score (nSPS) is 13.7. The second kappa shape index (κ2) is 4.84. The zero-order valence-corrected chi connectivity index (χ0v) is 8.79. The minimum Gasteiger partial charge on any atom is -0.409 e. The van der Waals surface area contributed by atoms with Crippen molar-refractivity contribution in [3.8, 4) is 0 Å². The van der Waals surface area contributed by atoms with Crippen molar-refractivity contribution in [3.63, 3.8) is 0 Å². The van der Waals surface area contributed by atoms with Crippen LogP contribution in [0.1, 0.15) is 6.92 Å². The molecule has 0 spiro atoms. The van der Waals surface area contributed by atoms with E-state index in [1.807, 2.05) is 0 Å². The average molecular weight is 232 g/mol. The van der Waals surface area contributed by atoms with Crippen LogP contribution in [0, 0.1) is 5.82 Å². The zero-order valence-electron chi connectivity index (χ0n) is 8.04. The van der Waals surface area contributed by atoms with Crippen molar-refractivity contribution < 1.29 is 9.60 Å². The number of hydrogen-bond acceptors (Lipinski definition) is 3. The lowest BCUT2D eigenvalue weighted by molar-refractivity contribution is 0.316. The highest BCUT2D eigenvalue weighted by atomic mass is 35.5. The van der Waals surface area contributed by atoms with Gasteiger partial charge in [0.05, 0.1) is 11.7 Å². The standard InChI is InChI=1S/C9H11ClFN3O/c1-5(9(12)14-15)13-8-4-6(10)2-3-7(8)11/h2-5,13,15H,1H3,(H2,12,14). The van der Waals surface area contributed by atoms with E-state index in [9.17, 15) is 4.39 Å². The fourth-order valence-electron chi connectivity index (χ4n) is 1.00. The number of nitrogens with zero attached hydrogens (tertiary/aromatic N) is 1. The van der Waals surface area contributed by atoms with Gasteiger partial charge in [-0.25, -0.2) is 4.39 Å². The van der Waals surface area contributed by atoms with Gasteiger partial charge in [0.1, 0.15) is 5.82 Å². The van der Waals surface area contributed by atoms with E-state index in [1.54, 1.807) is 6.92 Å². The predicted molar refractivity (Wildman–Crippen MR) is 57.9 cm³/mol. The van der Waals surface area contributed by atoms with E-state index >= 15 is 0 Å². The quantitative estimate of drug-likeness (QED) is 0.323. The lowest BCUT2D eigenvalue weighted by Crippen LogP contribution is -2.33. The highest BCUT2D eigenvalue weighted by molar-refractivity contribution is 6.30. The van der Waals surface area contributed by atoms with Crippen molar-refractivity contribution in [1.82, 2.24) is 0 Å². The third-order valence-electron chi connectivity index (χ3n) is 1.86. The summed E-state index contributed by atoms with van der Waals surface area (Å²) in [6, 6.07) is 3.63. The molecule has 0 saturated heterocycles. The van der Waals surface area contributed by atoms with Gasteiger partial charge in [-0.05, 0) is 25.1 Å². The molecule has 4 N–H and O–H groups in total. The maximum absolute atomic E-state index is 13.2. The van der Waals surface area contributed by atoms with Crippen LogP contribution in [0.4, 0.5) is 10.1 Å². The smallest absolute Gasteiger partial charge is 0.161 e. The summed E-state index contributed by atoms with van der Waals surface area (Å²) in [5.74, 6) is -0.480. The van der Waals surface area contributed by atoms with E-state index in [1.165, 1.54) is 18.2 Å². The molecule has 0 aliphatic carbocycles. The Balaban J connectivity index is 2.85. The Morgan fingerprint density at radius 3 is 2.93 bits per heavy atom. The molecule has 0 bridgehead atoms. The first-order chi connectivity index (χ1) is 7.04. The van der Waals surface area contributed by atoms with Crippen LogP contribution in [0.3, 0.4) is 0 Å². The number of amidine groups is 1. The van der Waals surface area contributed by atoms with Gasteiger partial charge in [0.25, 0.3) is 0 Å². The SMILES string of the molecule is CC(Nc1cc(Cl)ccc1F)C(N)=NO. The molecule has 1 unspecified atom stereocenters. The molecule has 6 heteroatoms. The van der Waals surface area contributed by atoms with Crippen LogP contribution >= 0.6 is 11.6 Å². The van der Waals surface area contributed by atoms with Crippen LogP contribution in [0.5, 0.6) is 0 Å². The summed E-state index contributed by atoms with van der Waals surface area (Å²) in [6.45, 7) is 1.63. The van der Waals surface area contributed by atoms with Crippen molar-refractivity contribution in [2.75, 3.05) is 5.32 Å². The summed E-state index contributed by atoms with van der Waals surface area (Å²) in [6.07, 6.45) is 0. The van der Waals surface area contributed by atoms with E-state index in [-0.39, 0.29) is 11.5 Å². The largest absolute Gasteiger partial charge is 0.409 e. The Labute approximate surface area is 91.5 Å². The third kappa shape index (κ3) is 2.99. The molecular formula is C9H11ClFN3O. The Morgan fingerprint density at radius 2 is 2.33 bits per heavy atom. The second-order valence-electron chi connectivity index (χ2n) is 3.02. The van der Waals surface area contributed by atoms with Crippen LogP contribution in [0.15, 0.2) is 23.4 Å². The molecule has 0 aromatic heterocycles. The summed E-state index contributed by atoms with van der Waals surface area (Å²) in [7, 11) is 0. The Hall–Kier alpha value is -1.49. The van der Waals surface area contributed by atoms with E-state index in [4.69, 9.17) is 22.5 Å². The van der Waals surface area contributed by atoms with E-state index in [2.05, 4.69) is 10.5 Å². The lowest BCUT2D eigenvalue weighted by atomic mass is 10.2. The van der Waals surface area contributed by atoms with Gasteiger partial charge in [0, 0.05) is 5.02 Å². The Bertz CT molecular complexity index is 384. The molecule has 82 valence electrons. The van der Waals surface area contributed by atoms with Gasteiger partial charge in [0.2, 0.25) is 0 Å². The summed E-state index contributed by atoms with van der Waals surface area (Å²) in [5.41, 5.74) is 5.54. The van der Waals surface area contributed by atoms with Crippen LogP contribution in [0.25, 0.3) is 0 Å². The molecule has 1 rings (SSSR count). The second-order valence-corrected chi connectivity index (χ2v) is 3.45. The van der Waals surface area contributed by atoms with Crippen molar-refractivity contribution in [2.45, 2.75) is 13.0 Å². The minimum atomic E-state index is -0.483. The van der Waals surface area contributed by atoms with Crippen molar-refractivity contribution in [3.05, 3.63) is 29.0 Å². The van der Waals surface area contributed by atoms with Gasteiger partial charge >= 0.3 is 0 Å². The van der Waals surface area contributed by atoms with Gasteiger partial charge in [-0.15, -0.1) is 0 Å². The van der Waals surface area contributed by atoms with Gasteiger partial charge in [0.15, 0.2) is 5.84 Å². The van der Waals surface area contributed by atoms with Gasteiger partial charge in [-0.1, -0.05) is 16.8 Å². The number of rotatable bonds is 3. The maximum Gasteiger partial charge on any atom is 0.161 e. The third-order valence-corrected chi connectivity index (χ3v) is 2.09. The molecule has 0 aliphatic rings. The molecule has 15 heavy (non-hydrogen) atoms. The summed E-state index contributed by atoms with van der Waals surface area (Å²) < 4.78 is 13.2. The fraction of sp³-hybridized carbons (Fsp3) is 0.222. The monoisotopic (exact) mass is 231 g/mol. The first-order valence-electron chi connectivity index (χ1n) is 4.23. The molecule has 0 radical (unpaired) electrons. The van der Waals surface area contributed by atoms with E-state index in [0.717, 1.165) is 0 Å². The van der Waals surface area contributed by atoms with Crippen LogP contribution < -0.4 is 11.1 Å². The molecule has 0 aliphatic heterocycles. The molecule has 1 aromatic rings. The summed E-state index contributed by atoms with van der Waals surface area (Å²) in [4.78, 5) is 0. The van der Waals surface area contributed by atoms with Gasteiger partial charge in [-0.3, -0.25) is 0 Å². The van der Waals surface area contributed by atoms with Crippen molar-refractivity contribution in [1.29, 1.82) is 0 Å². The molecule has 1 atom stereocenters.